The second-order valence-electron chi connectivity index (χ2n) is 7.10. The minimum Gasteiger partial charge on any atom is -0.479 e. The molecule has 4 rings (SSSR count). The van der Waals surface area contributed by atoms with Gasteiger partial charge in [-0.25, -0.2) is 18.3 Å². The number of carboxylic acids is 1. The predicted molar refractivity (Wildman–Crippen MR) is 107 cm³/mol. The highest BCUT2D eigenvalue weighted by Crippen LogP contribution is 2.55. The van der Waals surface area contributed by atoms with E-state index in [4.69, 9.17) is 27.7 Å². The average Bonchev–Trinajstić information content (AvgIpc) is 3.13. The molecule has 3 aromatic rings. The Morgan fingerprint density at radius 3 is 2.70 bits per heavy atom. The number of nitrogens with zero attached hydrogens (tertiary/aromatic N) is 4. The van der Waals surface area contributed by atoms with E-state index in [0.29, 0.717) is 33.4 Å². The second kappa shape index (κ2) is 7.21. The van der Waals surface area contributed by atoms with E-state index in [2.05, 4.69) is 27.9 Å². The van der Waals surface area contributed by atoms with Crippen molar-refractivity contribution in [1.29, 1.82) is 0 Å². The number of rotatable bonds is 6. The molecule has 2 heterocycles. The number of alkyl halides is 2. The molecule has 1 fully saturated rings. The zero-order valence-corrected chi connectivity index (χ0v) is 17.7. The van der Waals surface area contributed by atoms with Crippen LogP contribution in [0.3, 0.4) is 0 Å². The molecular weight excluding hydrogens is 461 g/mol. The Bertz CT molecular complexity index is 1140. The highest BCUT2D eigenvalue weighted by Gasteiger charge is 2.51. The van der Waals surface area contributed by atoms with Gasteiger partial charge in [0.15, 0.2) is 16.4 Å². The molecular formula is C18H14Cl2F2N4O3S. The molecule has 1 atom stereocenters. The maximum atomic E-state index is 13.5. The van der Waals surface area contributed by atoms with Gasteiger partial charge in [-0.15, -0.1) is 12.6 Å². The van der Waals surface area contributed by atoms with E-state index in [1.807, 2.05) is 6.07 Å². The molecule has 30 heavy (non-hydrogen) atoms. The molecule has 7 nitrogen and oxygen atoms in total. The van der Waals surface area contributed by atoms with Crippen molar-refractivity contribution in [3.05, 3.63) is 51.4 Å². The largest absolute Gasteiger partial charge is 0.479 e. The Hall–Kier alpha value is -2.17. The standard InChI is InChI=1S/C18H14Cl2F2N4O3S/c1-17(30,16(27)28)26-11(13(21)22)7-10(24-26)14-23-15(25-29-14)18(5-6-18)8-3-2-4-9(19)12(8)20/h2-4,7,13,30H,5-6H2,1H3,(H,27,28)/t17-/m0/s1. The first-order chi connectivity index (χ1) is 14.1. The molecule has 0 bridgehead atoms. The number of carbonyl (C=O) groups is 1. The van der Waals surface area contributed by atoms with Crippen LogP contribution in [0.1, 0.15) is 43.3 Å². The maximum Gasteiger partial charge on any atom is 0.341 e. The smallest absolute Gasteiger partial charge is 0.341 e. The van der Waals surface area contributed by atoms with Crippen LogP contribution in [-0.2, 0) is 15.1 Å². The van der Waals surface area contributed by atoms with E-state index in [-0.39, 0.29) is 11.6 Å². The highest BCUT2D eigenvalue weighted by molar-refractivity contribution is 7.81. The predicted octanol–water partition coefficient (Wildman–Crippen LogP) is 4.94. The van der Waals surface area contributed by atoms with E-state index < -0.39 is 28.4 Å². The van der Waals surface area contributed by atoms with E-state index in [1.165, 1.54) is 0 Å². The summed E-state index contributed by atoms with van der Waals surface area (Å²) in [6, 6.07) is 6.26. The van der Waals surface area contributed by atoms with Gasteiger partial charge in [-0.2, -0.15) is 10.1 Å². The van der Waals surface area contributed by atoms with E-state index in [9.17, 15) is 18.7 Å². The molecule has 0 aliphatic heterocycles. The Morgan fingerprint density at radius 2 is 2.10 bits per heavy atom. The molecule has 0 radical (unpaired) electrons. The third kappa shape index (κ3) is 3.27. The highest BCUT2D eigenvalue weighted by atomic mass is 35.5. The number of hydrogen-bond donors (Lipinski definition) is 2. The van der Waals surface area contributed by atoms with E-state index in [0.717, 1.165) is 18.6 Å². The summed E-state index contributed by atoms with van der Waals surface area (Å²) in [6.07, 6.45) is -1.58. The zero-order valence-electron chi connectivity index (χ0n) is 15.3. The lowest BCUT2D eigenvalue weighted by Gasteiger charge is -2.21. The van der Waals surface area contributed by atoms with Crippen molar-refractivity contribution in [2.75, 3.05) is 0 Å². The summed E-state index contributed by atoms with van der Waals surface area (Å²) in [4.78, 5) is 13.8. The number of hydrogen-bond acceptors (Lipinski definition) is 6. The van der Waals surface area contributed by atoms with Crippen molar-refractivity contribution >= 4 is 41.8 Å². The van der Waals surface area contributed by atoms with Crippen LogP contribution in [0.25, 0.3) is 11.6 Å². The van der Waals surface area contributed by atoms with E-state index >= 15 is 0 Å². The van der Waals surface area contributed by atoms with Gasteiger partial charge in [-0.05, 0) is 37.5 Å². The molecule has 158 valence electrons. The fourth-order valence-electron chi connectivity index (χ4n) is 3.23. The Kier molecular flexibility index (Phi) is 5.06. The Labute approximate surface area is 184 Å². The van der Waals surface area contributed by atoms with Crippen LogP contribution < -0.4 is 0 Å². The van der Waals surface area contributed by atoms with Crippen LogP contribution in [-0.4, -0.2) is 31.0 Å². The fourth-order valence-corrected chi connectivity index (χ4v) is 3.87. The molecule has 1 aliphatic rings. The number of benzene rings is 1. The number of carboxylic acid groups (broad SMARTS) is 1. The maximum absolute atomic E-state index is 13.5. The van der Waals surface area contributed by atoms with Crippen molar-refractivity contribution in [3.8, 4) is 11.6 Å². The molecule has 0 unspecified atom stereocenters. The molecule has 0 spiro atoms. The summed E-state index contributed by atoms with van der Waals surface area (Å²) in [6.45, 7) is 1.14. The van der Waals surface area contributed by atoms with Gasteiger partial charge >= 0.3 is 5.97 Å². The van der Waals surface area contributed by atoms with Crippen molar-refractivity contribution in [2.45, 2.75) is 36.5 Å². The number of thiol groups is 1. The zero-order chi connectivity index (χ0) is 21.8. The third-order valence-corrected chi connectivity index (χ3v) is 6.27. The van der Waals surface area contributed by atoms with Gasteiger partial charge in [0.25, 0.3) is 12.3 Å². The molecule has 1 saturated carbocycles. The summed E-state index contributed by atoms with van der Waals surface area (Å²) in [7, 11) is 0. The lowest BCUT2D eigenvalue weighted by Crippen LogP contribution is -2.35. The van der Waals surface area contributed by atoms with Gasteiger partial charge in [0.2, 0.25) is 0 Å². The van der Waals surface area contributed by atoms with Gasteiger partial charge in [-0.3, -0.25) is 0 Å². The van der Waals surface area contributed by atoms with Crippen molar-refractivity contribution in [1.82, 2.24) is 19.9 Å². The van der Waals surface area contributed by atoms with Crippen LogP contribution in [0.5, 0.6) is 0 Å². The van der Waals surface area contributed by atoms with Gasteiger partial charge in [0.1, 0.15) is 5.69 Å². The van der Waals surface area contributed by atoms with Gasteiger partial charge in [0.05, 0.1) is 15.5 Å². The lowest BCUT2D eigenvalue weighted by molar-refractivity contribution is -0.142. The number of halogens is 4. The quantitative estimate of drug-likeness (QED) is 0.491. The normalized spacial score (nSPS) is 17.2. The van der Waals surface area contributed by atoms with Gasteiger partial charge in [0, 0.05) is 0 Å². The second-order valence-corrected chi connectivity index (χ2v) is 8.76. The molecule has 1 aliphatic carbocycles. The Balaban J connectivity index is 1.75. The summed E-state index contributed by atoms with van der Waals surface area (Å²) < 4.78 is 32.8. The molecule has 2 aromatic heterocycles. The van der Waals surface area contributed by atoms with Crippen molar-refractivity contribution < 1.29 is 23.2 Å². The monoisotopic (exact) mass is 474 g/mol. The summed E-state index contributed by atoms with van der Waals surface area (Å²) in [5, 5.41) is 18.0. The first-order valence-corrected chi connectivity index (χ1v) is 9.91. The number of aliphatic carboxylic acids is 1. The van der Waals surface area contributed by atoms with Crippen molar-refractivity contribution in [2.24, 2.45) is 0 Å². The molecule has 0 saturated heterocycles. The molecule has 1 aromatic carbocycles. The van der Waals surface area contributed by atoms with Crippen LogP contribution in [0.4, 0.5) is 8.78 Å². The first-order valence-electron chi connectivity index (χ1n) is 8.71. The topological polar surface area (TPSA) is 94.0 Å². The summed E-state index contributed by atoms with van der Waals surface area (Å²) >= 11 is 16.4. The van der Waals surface area contributed by atoms with Crippen LogP contribution in [0.15, 0.2) is 28.8 Å². The minimum atomic E-state index is -2.99. The van der Waals surface area contributed by atoms with Gasteiger partial charge < -0.3 is 9.63 Å². The van der Waals surface area contributed by atoms with Gasteiger partial charge in [-0.1, -0.05) is 40.5 Å². The summed E-state index contributed by atoms with van der Waals surface area (Å²) in [5.74, 6) is -1.24. The average molecular weight is 475 g/mol. The SMILES string of the molecule is C[C@](S)(C(=O)O)n1nc(-c2nc(C3(c4cccc(Cl)c4Cl)CC3)no2)cc1C(F)F. The lowest BCUT2D eigenvalue weighted by atomic mass is 9.95. The Morgan fingerprint density at radius 1 is 1.40 bits per heavy atom. The van der Waals surface area contributed by atoms with Crippen LogP contribution >= 0.6 is 35.8 Å². The molecule has 12 heteroatoms. The van der Waals surface area contributed by atoms with Crippen LogP contribution in [0.2, 0.25) is 10.0 Å². The van der Waals surface area contributed by atoms with Crippen LogP contribution in [0, 0.1) is 0 Å². The fraction of sp³-hybridized carbons (Fsp3) is 0.333. The minimum absolute atomic E-state index is 0.0847. The number of aromatic nitrogens is 4. The molecule has 1 N–H and O–H groups in total. The van der Waals surface area contributed by atoms with E-state index in [1.54, 1.807) is 12.1 Å². The third-order valence-electron chi connectivity index (χ3n) is 5.07. The first kappa shape index (κ1) is 21.1. The van der Waals surface area contributed by atoms with Crippen molar-refractivity contribution in [3.63, 3.8) is 0 Å². The summed E-state index contributed by atoms with van der Waals surface area (Å²) in [5.41, 5.74) is -0.560. The molecule has 0 amide bonds.